The Bertz CT molecular complexity index is 556. The highest BCUT2D eigenvalue weighted by Gasteiger charge is 2.36. The van der Waals surface area contributed by atoms with Gasteiger partial charge < -0.3 is 16.2 Å². The van der Waals surface area contributed by atoms with Crippen LogP contribution in [0.3, 0.4) is 0 Å². The summed E-state index contributed by atoms with van der Waals surface area (Å²) in [6, 6.07) is 4.74. The van der Waals surface area contributed by atoms with E-state index in [1.54, 1.807) is 18.2 Å². The minimum absolute atomic E-state index is 0.0499. The van der Waals surface area contributed by atoms with Crippen molar-refractivity contribution in [1.82, 2.24) is 4.90 Å². The van der Waals surface area contributed by atoms with Crippen LogP contribution in [0.5, 0.6) is 0 Å². The summed E-state index contributed by atoms with van der Waals surface area (Å²) in [4.78, 5) is 35.5. The highest BCUT2D eigenvalue weighted by Crippen LogP contribution is 2.27. The molecule has 7 nitrogen and oxygen atoms in total. The Kier molecular flexibility index (Phi) is 3.48. The number of nitrogen functional groups attached to an aromatic ring is 1. The number of imide groups is 1. The molecule has 0 atom stereocenters. The van der Waals surface area contributed by atoms with Gasteiger partial charge in [-0.05, 0) is 12.1 Å². The number of ether oxygens (including phenoxy) is 1. The third-order valence-corrected chi connectivity index (χ3v) is 2.73. The van der Waals surface area contributed by atoms with Crippen LogP contribution in [0.25, 0.3) is 0 Å². The molecule has 0 radical (unpaired) electrons. The summed E-state index contributed by atoms with van der Waals surface area (Å²) in [5.41, 5.74) is 11.4. The van der Waals surface area contributed by atoms with Crippen molar-refractivity contribution in [1.29, 1.82) is 0 Å². The van der Waals surface area contributed by atoms with Gasteiger partial charge in [0.1, 0.15) is 6.61 Å². The Labute approximate surface area is 109 Å². The number of anilines is 1. The molecule has 0 bridgehead atoms. The van der Waals surface area contributed by atoms with Crippen LogP contribution >= 0.6 is 0 Å². The number of hydrogen-bond acceptors (Lipinski definition) is 5. The van der Waals surface area contributed by atoms with Crippen molar-refractivity contribution in [3.8, 4) is 0 Å². The Balaban J connectivity index is 2.06. The van der Waals surface area contributed by atoms with Crippen LogP contribution in [0.2, 0.25) is 0 Å². The first kappa shape index (κ1) is 13.0. The molecule has 1 aromatic carbocycles. The summed E-state index contributed by atoms with van der Waals surface area (Å²) < 4.78 is 4.93. The maximum absolute atomic E-state index is 12.0. The minimum atomic E-state index is -0.605. The fraction of sp³-hybridized carbons (Fsp3) is 0.250. The molecule has 0 saturated heterocycles. The maximum Gasteiger partial charge on any atom is 0.263 e. The standard InChI is InChI=1S/C12H13N3O4/c13-8-3-1-2-7-10(8)12(18)15(11(7)17)4-5-19-6-9(14)16/h1-3H,4-6,13H2,(H2,14,16). The van der Waals surface area contributed by atoms with E-state index in [9.17, 15) is 14.4 Å². The minimum Gasteiger partial charge on any atom is -0.398 e. The first-order valence-corrected chi connectivity index (χ1v) is 5.63. The van der Waals surface area contributed by atoms with Crippen molar-refractivity contribution in [2.45, 2.75) is 0 Å². The summed E-state index contributed by atoms with van der Waals surface area (Å²) in [6.07, 6.45) is 0. The topological polar surface area (TPSA) is 116 Å². The lowest BCUT2D eigenvalue weighted by Gasteiger charge is -2.13. The number of amides is 3. The molecule has 1 aromatic rings. The van der Waals surface area contributed by atoms with Crippen molar-refractivity contribution < 1.29 is 19.1 Å². The van der Waals surface area contributed by atoms with Gasteiger partial charge in [-0.2, -0.15) is 0 Å². The first-order valence-electron chi connectivity index (χ1n) is 5.63. The zero-order valence-corrected chi connectivity index (χ0v) is 10.1. The number of rotatable bonds is 5. The molecule has 0 unspecified atom stereocenters. The van der Waals surface area contributed by atoms with Crippen LogP contribution in [0.4, 0.5) is 5.69 Å². The number of nitrogens with two attached hydrogens (primary N) is 2. The number of hydrogen-bond donors (Lipinski definition) is 2. The predicted molar refractivity (Wildman–Crippen MR) is 66.2 cm³/mol. The smallest absolute Gasteiger partial charge is 0.263 e. The zero-order chi connectivity index (χ0) is 14.0. The van der Waals surface area contributed by atoms with Gasteiger partial charge in [-0.15, -0.1) is 0 Å². The predicted octanol–water partition coefficient (Wildman–Crippen LogP) is -0.633. The van der Waals surface area contributed by atoms with E-state index in [0.717, 1.165) is 4.90 Å². The van der Waals surface area contributed by atoms with Gasteiger partial charge in [0.05, 0.1) is 24.3 Å². The lowest BCUT2D eigenvalue weighted by molar-refractivity contribution is -0.122. The van der Waals surface area contributed by atoms with Crippen LogP contribution in [-0.4, -0.2) is 42.4 Å². The third kappa shape index (κ3) is 2.41. The average molecular weight is 263 g/mol. The third-order valence-electron chi connectivity index (χ3n) is 2.73. The van der Waals surface area contributed by atoms with E-state index in [2.05, 4.69) is 0 Å². The molecule has 2 rings (SSSR count). The fourth-order valence-electron chi connectivity index (χ4n) is 1.89. The second-order valence-electron chi connectivity index (χ2n) is 4.05. The summed E-state index contributed by atoms with van der Waals surface area (Å²) in [7, 11) is 0. The second kappa shape index (κ2) is 5.07. The molecule has 1 aliphatic rings. The van der Waals surface area contributed by atoms with Gasteiger partial charge in [-0.1, -0.05) is 6.07 Å². The van der Waals surface area contributed by atoms with Crippen LogP contribution in [0.1, 0.15) is 20.7 Å². The molecule has 1 heterocycles. The molecule has 3 amide bonds. The number of carbonyl (C=O) groups is 3. The summed E-state index contributed by atoms with van der Waals surface area (Å²) in [5.74, 6) is -1.46. The molecule has 0 spiro atoms. The zero-order valence-electron chi connectivity index (χ0n) is 10.1. The Morgan fingerprint density at radius 1 is 1.26 bits per heavy atom. The van der Waals surface area contributed by atoms with E-state index in [1.807, 2.05) is 0 Å². The summed E-state index contributed by atoms with van der Waals surface area (Å²) in [5, 5.41) is 0. The molecular formula is C12H13N3O4. The average Bonchev–Trinajstić information content (AvgIpc) is 2.59. The number of primary amides is 1. The van der Waals surface area contributed by atoms with Gasteiger partial charge >= 0.3 is 0 Å². The van der Waals surface area contributed by atoms with Crippen molar-refractivity contribution in [2.75, 3.05) is 25.5 Å². The quantitative estimate of drug-likeness (QED) is 0.416. The summed E-state index contributed by atoms with van der Waals surface area (Å²) in [6.45, 7) is -0.140. The largest absolute Gasteiger partial charge is 0.398 e. The van der Waals surface area contributed by atoms with Gasteiger partial charge in [-0.25, -0.2) is 0 Å². The van der Waals surface area contributed by atoms with Gasteiger partial charge in [0.2, 0.25) is 5.91 Å². The van der Waals surface area contributed by atoms with Gasteiger partial charge in [0.15, 0.2) is 0 Å². The van der Waals surface area contributed by atoms with E-state index in [-0.39, 0.29) is 31.0 Å². The van der Waals surface area contributed by atoms with Crippen molar-refractivity contribution in [3.05, 3.63) is 29.3 Å². The Hall–Kier alpha value is -2.41. The van der Waals surface area contributed by atoms with E-state index < -0.39 is 17.7 Å². The molecule has 7 heteroatoms. The Morgan fingerprint density at radius 2 is 2.00 bits per heavy atom. The monoisotopic (exact) mass is 263 g/mol. The van der Waals surface area contributed by atoms with Crippen LogP contribution in [0.15, 0.2) is 18.2 Å². The van der Waals surface area contributed by atoms with Gasteiger partial charge in [-0.3, -0.25) is 19.3 Å². The SMILES string of the molecule is NC(=O)COCCN1C(=O)c2cccc(N)c2C1=O. The number of nitrogens with zero attached hydrogens (tertiary/aromatic N) is 1. The molecule has 19 heavy (non-hydrogen) atoms. The number of fused-ring (bicyclic) bond motifs is 1. The molecular weight excluding hydrogens is 250 g/mol. The number of benzene rings is 1. The molecule has 0 aromatic heterocycles. The normalized spacial score (nSPS) is 13.8. The van der Waals surface area contributed by atoms with E-state index in [0.29, 0.717) is 5.56 Å². The molecule has 4 N–H and O–H groups in total. The van der Waals surface area contributed by atoms with Crippen LogP contribution in [0, 0.1) is 0 Å². The molecule has 0 aliphatic carbocycles. The maximum atomic E-state index is 12.0. The van der Waals surface area contributed by atoms with E-state index >= 15 is 0 Å². The Morgan fingerprint density at radius 3 is 2.63 bits per heavy atom. The number of carbonyl (C=O) groups excluding carboxylic acids is 3. The lowest BCUT2D eigenvalue weighted by Crippen LogP contribution is -2.33. The second-order valence-corrected chi connectivity index (χ2v) is 4.05. The van der Waals surface area contributed by atoms with Gasteiger partial charge in [0, 0.05) is 5.69 Å². The lowest BCUT2D eigenvalue weighted by atomic mass is 10.1. The molecule has 100 valence electrons. The van der Waals surface area contributed by atoms with Crippen LogP contribution < -0.4 is 11.5 Å². The van der Waals surface area contributed by atoms with E-state index in [4.69, 9.17) is 16.2 Å². The van der Waals surface area contributed by atoms with Crippen LogP contribution in [-0.2, 0) is 9.53 Å². The summed E-state index contributed by atoms with van der Waals surface area (Å²) >= 11 is 0. The fourth-order valence-corrected chi connectivity index (χ4v) is 1.89. The molecule has 0 fully saturated rings. The first-order chi connectivity index (χ1) is 9.02. The highest BCUT2D eigenvalue weighted by atomic mass is 16.5. The highest BCUT2D eigenvalue weighted by molar-refractivity contribution is 6.23. The molecule has 1 aliphatic heterocycles. The molecule has 0 saturated carbocycles. The van der Waals surface area contributed by atoms with Crippen molar-refractivity contribution in [2.24, 2.45) is 5.73 Å². The van der Waals surface area contributed by atoms with E-state index in [1.165, 1.54) is 0 Å². The van der Waals surface area contributed by atoms with Crippen molar-refractivity contribution in [3.63, 3.8) is 0 Å². The van der Waals surface area contributed by atoms with Crippen molar-refractivity contribution >= 4 is 23.4 Å². The van der Waals surface area contributed by atoms with Gasteiger partial charge in [0.25, 0.3) is 11.8 Å².